The van der Waals surface area contributed by atoms with E-state index in [1.54, 1.807) is 36.4 Å². The molecule has 1 aromatic heterocycles. The third kappa shape index (κ3) is 8.23. The van der Waals surface area contributed by atoms with E-state index >= 15 is 0 Å². The molecule has 0 bridgehead atoms. The molecule has 37 heavy (non-hydrogen) atoms. The van der Waals surface area contributed by atoms with Gasteiger partial charge in [-0.05, 0) is 53.4 Å². The van der Waals surface area contributed by atoms with Crippen LogP contribution in [0.25, 0.3) is 11.1 Å². The number of hydrogen-bond acceptors (Lipinski definition) is 5. The summed E-state index contributed by atoms with van der Waals surface area (Å²) < 4.78 is 44.3. The monoisotopic (exact) mass is 515 g/mol. The van der Waals surface area contributed by atoms with Crippen LogP contribution >= 0.6 is 0 Å². The van der Waals surface area contributed by atoms with E-state index in [0.717, 1.165) is 17.7 Å². The zero-order valence-corrected chi connectivity index (χ0v) is 20.4. The van der Waals surface area contributed by atoms with E-state index in [1.165, 1.54) is 18.3 Å². The van der Waals surface area contributed by atoms with Gasteiger partial charge in [-0.25, -0.2) is 4.98 Å². The minimum absolute atomic E-state index is 0.0340. The highest BCUT2D eigenvalue weighted by molar-refractivity contribution is 5.94. The molecule has 0 saturated heterocycles. The molecule has 1 heterocycles. The van der Waals surface area contributed by atoms with Crippen molar-refractivity contribution in [2.45, 2.75) is 32.5 Å². The Bertz CT molecular complexity index is 1180. The van der Waals surface area contributed by atoms with Gasteiger partial charge in [-0.3, -0.25) is 9.59 Å². The smallest absolute Gasteiger partial charge is 0.416 e. The number of hydrogen-bond donors (Lipinski definition) is 3. The molecule has 2 aromatic carbocycles. The first-order chi connectivity index (χ1) is 17.5. The number of aliphatic carboxylic acids is 1. The number of rotatable bonds is 11. The first-order valence-corrected chi connectivity index (χ1v) is 11.7. The fourth-order valence-electron chi connectivity index (χ4n) is 3.37. The maximum atomic E-state index is 12.8. The fraction of sp³-hybridized carbons (Fsp3) is 0.296. The van der Waals surface area contributed by atoms with Crippen molar-refractivity contribution < 1.29 is 32.6 Å². The first kappa shape index (κ1) is 27.5. The molecule has 0 aliphatic heterocycles. The summed E-state index contributed by atoms with van der Waals surface area (Å²) in [4.78, 5) is 26.9. The minimum atomic E-state index is -4.37. The number of carbonyl (C=O) groups excluding carboxylic acids is 1. The number of nitrogens with one attached hydrogen (secondary N) is 2. The second kappa shape index (κ2) is 12.2. The van der Waals surface area contributed by atoms with Gasteiger partial charge in [0.2, 0.25) is 0 Å². The number of anilines is 1. The van der Waals surface area contributed by atoms with Crippen LogP contribution in [-0.2, 0) is 11.0 Å². The molecule has 3 aromatic rings. The number of carboxylic acid groups (broad SMARTS) is 1. The number of halogens is 3. The number of nitrogens with zero attached hydrogens (tertiary/aromatic N) is 1. The lowest BCUT2D eigenvalue weighted by Crippen LogP contribution is -2.32. The van der Waals surface area contributed by atoms with Gasteiger partial charge in [0.05, 0.1) is 23.6 Å². The lowest BCUT2D eigenvalue weighted by molar-refractivity contribution is -0.138. The third-order valence-electron chi connectivity index (χ3n) is 5.62. The van der Waals surface area contributed by atoms with Gasteiger partial charge in [-0.2, -0.15) is 13.2 Å². The van der Waals surface area contributed by atoms with Crippen LogP contribution in [0.5, 0.6) is 5.75 Å². The molecule has 10 heteroatoms. The van der Waals surface area contributed by atoms with Gasteiger partial charge in [-0.1, -0.05) is 38.1 Å². The lowest BCUT2D eigenvalue weighted by atomic mass is 10.0. The fourth-order valence-corrected chi connectivity index (χ4v) is 3.37. The minimum Gasteiger partial charge on any atom is -0.491 e. The van der Waals surface area contributed by atoms with Crippen LogP contribution in [-0.4, -0.2) is 41.2 Å². The van der Waals surface area contributed by atoms with Gasteiger partial charge in [-0.15, -0.1) is 0 Å². The van der Waals surface area contributed by atoms with Crippen molar-refractivity contribution in [3.63, 3.8) is 0 Å². The highest BCUT2D eigenvalue weighted by atomic mass is 19.4. The number of ether oxygens (including phenoxy) is 1. The summed E-state index contributed by atoms with van der Waals surface area (Å²) in [6.07, 6.45) is -3.12. The van der Waals surface area contributed by atoms with Crippen molar-refractivity contribution >= 4 is 17.7 Å². The Morgan fingerprint density at radius 1 is 0.973 bits per heavy atom. The Labute approximate surface area is 212 Å². The summed E-state index contributed by atoms with van der Waals surface area (Å²) in [5, 5.41) is 14.5. The number of aromatic nitrogens is 1. The van der Waals surface area contributed by atoms with Crippen molar-refractivity contribution in [3.8, 4) is 16.9 Å². The molecule has 0 saturated carbocycles. The second-order valence-electron chi connectivity index (χ2n) is 8.74. The van der Waals surface area contributed by atoms with Gasteiger partial charge in [0, 0.05) is 12.7 Å². The Hall–Kier alpha value is -4.08. The normalized spacial score (nSPS) is 12.2. The first-order valence-electron chi connectivity index (χ1n) is 11.7. The largest absolute Gasteiger partial charge is 0.491 e. The van der Waals surface area contributed by atoms with Crippen molar-refractivity contribution in [1.82, 2.24) is 10.3 Å². The molecule has 0 fully saturated rings. The molecule has 7 nitrogen and oxygen atoms in total. The average Bonchev–Trinajstić information content (AvgIpc) is 2.86. The number of pyridine rings is 1. The van der Waals surface area contributed by atoms with E-state index in [4.69, 9.17) is 9.84 Å². The highest BCUT2D eigenvalue weighted by Gasteiger charge is 2.30. The molecule has 3 rings (SSSR count). The van der Waals surface area contributed by atoms with Crippen LogP contribution in [0.4, 0.5) is 19.0 Å². The van der Waals surface area contributed by atoms with Crippen molar-refractivity contribution in [3.05, 3.63) is 78.0 Å². The molecule has 0 aliphatic rings. The zero-order chi connectivity index (χ0) is 27.0. The number of carbonyl (C=O) groups is 2. The summed E-state index contributed by atoms with van der Waals surface area (Å²) in [5.74, 6) is -0.0301. The molecule has 1 amide bonds. The predicted molar refractivity (Wildman–Crippen MR) is 133 cm³/mol. The number of amides is 1. The number of carboxylic acids is 1. The van der Waals surface area contributed by atoms with Crippen molar-refractivity contribution in [2.24, 2.45) is 5.92 Å². The quantitative estimate of drug-likeness (QED) is 0.312. The van der Waals surface area contributed by atoms with E-state index in [2.05, 4.69) is 15.6 Å². The number of benzene rings is 2. The SMILES string of the molecule is CC(C)[C@@H](COc1ccc(-c2ccc(C(F)(F)F)cc2)cc1)Nc1ccc(C(=O)NCCC(=O)O)cn1. The van der Waals surface area contributed by atoms with Crippen LogP contribution in [0, 0.1) is 5.92 Å². The molecule has 0 radical (unpaired) electrons. The van der Waals surface area contributed by atoms with Crippen LogP contribution < -0.4 is 15.4 Å². The van der Waals surface area contributed by atoms with E-state index in [9.17, 15) is 22.8 Å². The summed E-state index contributed by atoms with van der Waals surface area (Å²) in [5.41, 5.74) is 1.08. The molecule has 3 N–H and O–H groups in total. The van der Waals surface area contributed by atoms with Crippen LogP contribution in [0.15, 0.2) is 66.9 Å². The Morgan fingerprint density at radius 3 is 2.11 bits per heavy atom. The van der Waals surface area contributed by atoms with E-state index < -0.39 is 23.6 Å². The standard InChI is InChI=1S/C27H28F3N3O4/c1-17(2)23(33-24-12-7-20(15-32-24)26(36)31-14-13-25(34)35)16-37-22-10-5-19(6-11-22)18-3-8-21(9-4-18)27(28,29)30/h3-12,15,17,23H,13-14,16H2,1-2H3,(H,31,36)(H,32,33)(H,34,35)/t23-/m1/s1. The van der Waals surface area contributed by atoms with Crippen molar-refractivity contribution in [2.75, 3.05) is 18.5 Å². The molecular formula is C27H28F3N3O4. The average molecular weight is 516 g/mol. The summed E-state index contributed by atoms with van der Waals surface area (Å²) >= 11 is 0. The summed E-state index contributed by atoms with van der Waals surface area (Å²) in [6.45, 7) is 4.42. The molecule has 196 valence electrons. The van der Waals surface area contributed by atoms with Crippen LogP contribution in [0.3, 0.4) is 0 Å². The highest BCUT2D eigenvalue weighted by Crippen LogP contribution is 2.31. The Morgan fingerprint density at radius 2 is 1.59 bits per heavy atom. The maximum absolute atomic E-state index is 12.8. The van der Waals surface area contributed by atoms with Crippen LogP contribution in [0.2, 0.25) is 0 Å². The van der Waals surface area contributed by atoms with Gasteiger partial charge >= 0.3 is 12.1 Å². The van der Waals surface area contributed by atoms with Gasteiger partial charge in [0.25, 0.3) is 5.91 Å². The Balaban J connectivity index is 1.55. The maximum Gasteiger partial charge on any atom is 0.416 e. The second-order valence-corrected chi connectivity index (χ2v) is 8.74. The van der Waals surface area contributed by atoms with Gasteiger partial charge in [0.15, 0.2) is 0 Å². The van der Waals surface area contributed by atoms with E-state index in [0.29, 0.717) is 29.3 Å². The number of alkyl halides is 3. The summed E-state index contributed by atoms with van der Waals surface area (Å²) in [7, 11) is 0. The van der Waals surface area contributed by atoms with Gasteiger partial charge < -0.3 is 20.5 Å². The summed E-state index contributed by atoms with van der Waals surface area (Å²) in [6, 6.07) is 15.3. The third-order valence-corrected chi connectivity index (χ3v) is 5.62. The lowest BCUT2D eigenvalue weighted by Gasteiger charge is -2.23. The Kier molecular flexibility index (Phi) is 9.10. The van der Waals surface area contributed by atoms with E-state index in [-0.39, 0.29) is 24.9 Å². The van der Waals surface area contributed by atoms with Crippen LogP contribution in [0.1, 0.15) is 36.2 Å². The molecule has 0 spiro atoms. The molecule has 1 atom stereocenters. The van der Waals surface area contributed by atoms with Gasteiger partial charge in [0.1, 0.15) is 18.2 Å². The molecular weight excluding hydrogens is 487 g/mol. The van der Waals surface area contributed by atoms with E-state index in [1.807, 2.05) is 13.8 Å². The topological polar surface area (TPSA) is 101 Å². The molecule has 0 aliphatic carbocycles. The zero-order valence-electron chi connectivity index (χ0n) is 20.4. The van der Waals surface area contributed by atoms with Crippen molar-refractivity contribution in [1.29, 1.82) is 0 Å². The predicted octanol–water partition coefficient (Wildman–Crippen LogP) is 5.49. The molecule has 0 unspecified atom stereocenters.